The molecule has 0 fully saturated rings. The molecule has 1 aromatic carbocycles. The quantitative estimate of drug-likeness (QED) is 0.540. The number of benzene rings is 1. The Bertz CT molecular complexity index is 300. The molecular formula is C12H16NO3. The number of rotatable bonds is 7. The molecule has 1 aromatic rings. The van der Waals surface area contributed by atoms with E-state index in [1.54, 1.807) is 24.3 Å². The van der Waals surface area contributed by atoms with Gasteiger partial charge in [-0.25, -0.2) is 5.48 Å². The molecule has 0 saturated heterocycles. The van der Waals surface area contributed by atoms with Crippen LogP contribution >= 0.6 is 0 Å². The van der Waals surface area contributed by atoms with Gasteiger partial charge in [-0.1, -0.05) is 18.2 Å². The van der Waals surface area contributed by atoms with Crippen molar-refractivity contribution in [2.75, 3.05) is 13.2 Å². The zero-order valence-corrected chi connectivity index (χ0v) is 9.06. The van der Waals surface area contributed by atoms with Gasteiger partial charge in [0.1, 0.15) is 0 Å². The summed E-state index contributed by atoms with van der Waals surface area (Å²) in [6, 6.07) is 8.87. The van der Waals surface area contributed by atoms with Gasteiger partial charge < -0.3 is 5.11 Å². The van der Waals surface area contributed by atoms with Gasteiger partial charge in [0.05, 0.1) is 6.61 Å². The maximum atomic E-state index is 11.4. The molecule has 0 bridgehead atoms. The van der Waals surface area contributed by atoms with Crippen molar-refractivity contribution in [2.24, 2.45) is 0 Å². The van der Waals surface area contributed by atoms with Gasteiger partial charge in [-0.05, 0) is 31.4 Å². The first-order valence-corrected chi connectivity index (χ1v) is 5.24. The highest BCUT2D eigenvalue weighted by atomic mass is 16.6. The number of hydrogen-bond acceptors (Lipinski definition) is 3. The van der Waals surface area contributed by atoms with Crippen molar-refractivity contribution in [3.05, 3.63) is 42.3 Å². The largest absolute Gasteiger partial charge is 0.396 e. The molecule has 0 aliphatic carbocycles. The third-order valence-electron chi connectivity index (χ3n) is 1.97. The number of carbonyl (C=O) groups excluding carboxylic acids is 1. The van der Waals surface area contributed by atoms with E-state index in [1.165, 1.54) is 0 Å². The highest BCUT2D eigenvalue weighted by Gasteiger charge is 2.02. The van der Waals surface area contributed by atoms with Crippen LogP contribution in [-0.2, 0) is 4.84 Å². The number of aliphatic hydroxyl groups is 1. The zero-order valence-electron chi connectivity index (χ0n) is 9.06. The number of hydrogen-bond donors (Lipinski definition) is 2. The van der Waals surface area contributed by atoms with Crippen molar-refractivity contribution in [3.63, 3.8) is 0 Å². The second-order valence-corrected chi connectivity index (χ2v) is 3.26. The molecule has 1 radical (unpaired) electrons. The van der Waals surface area contributed by atoms with Crippen molar-refractivity contribution >= 4 is 5.91 Å². The molecule has 0 heterocycles. The van der Waals surface area contributed by atoms with E-state index in [0.717, 1.165) is 12.8 Å². The van der Waals surface area contributed by atoms with Crippen molar-refractivity contribution < 1.29 is 14.7 Å². The summed E-state index contributed by atoms with van der Waals surface area (Å²) in [6.45, 7) is 0.519. The summed E-state index contributed by atoms with van der Waals surface area (Å²) >= 11 is 0. The van der Waals surface area contributed by atoms with Crippen molar-refractivity contribution in [2.45, 2.75) is 12.8 Å². The van der Waals surface area contributed by atoms with Crippen LogP contribution in [0.5, 0.6) is 0 Å². The lowest BCUT2D eigenvalue weighted by Gasteiger charge is -2.05. The summed E-state index contributed by atoms with van der Waals surface area (Å²) < 4.78 is 0. The third-order valence-corrected chi connectivity index (χ3v) is 1.97. The fourth-order valence-electron chi connectivity index (χ4n) is 1.13. The normalized spacial score (nSPS) is 10.1. The summed E-state index contributed by atoms with van der Waals surface area (Å²) in [6.07, 6.45) is 3.36. The van der Waals surface area contributed by atoms with E-state index < -0.39 is 0 Å². The molecule has 0 aromatic heterocycles. The van der Waals surface area contributed by atoms with Gasteiger partial charge in [-0.15, -0.1) is 0 Å². The van der Waals surface area contributed by atoms with Crippen LogP contribution in [0.15, 0.2) is 30.3 Å². The van der Waals surface area contributed by atoms with Crippen molar-refractivity contribution in [3.8, 4) is 0 Å². The van der Waals surface area contributed by atoms with Gasteiger partial charge in [-0.2, -0.15) is 0 Å². The smallest absolute Gasteiger partial charge is 0.274 e. The van der Waals surface area contributed by atoms with Crippen LogP contribution in [0, 0.1) is 6.42 Å². The highest BCUT2D eigenvalue weighted by molar-refractivity contribution is 5.93. The summed E-state index contributed by atoms with van der Waals surface area (Å²) in [5, 5.41) is 8.53. The molecule has 0 atom stereocenters. The lowest BCUT2D eigenvalue weighted by molar-refractivity contribution is 0.0383. The van der Waals surface area contributed by atoms with Crippen LogP contribution in [0.2, 0.25) is 0 Å². The Morgan fingerprint density at radius 1 is 1.38 bits per heavy atom. The fourth-order valence-corrected chi connectivity index (χ4v) is 1.13. The monoisotopic (exact) mass is 222 g/mol. The molecule has 1 amide bonds. The van der Waals surface area contributed by atoms with Crippen molar-refractivity contribution in [1.29, 1.82) is 0 Å². The third kappa shape index (κ3) is 4.91. The van der Waals surface area contributed by atoms with Crippen LogP contribution in [0.3, 0.4) is 0 Å². The van der Waals surface area contributed by atoms with E-state index in [-0.39, 0.29) is 12.5 Å². The topological polar surface area (TPSA) is 58.6 Å². The minimum Gasteiger partial charge on any atom is -0.396 e. The number of unbranched alkanes of at least 4 members (excludes halogenated alkanes) is 2. The molecule has 87 valence electrons. The summed E-state index contributed by atoms with van der Waals surface area (Å²) in [4.78, 5) is 16.4. The molecule has 0 saturated carbocycles. The molecule has 0 aliphatic heterocycles. The molecule has 2 N–H and O–H groups in total. The Kier molecular flexibility index (Phi) is 6.22. The average Bonchev–Trinajstić information content (AvgIpc) is 2.34. The van der Waals surface area contributed by atoms with Crippen LogP contribution in [0.4, 0.5) is 0 Å². The minimum atomic E-state index is -0.254. The molecule has 0 aliphatic rings. The first-order valence-electron chi connectivity index (χ1n) is 5.24. The second-order valence-electron chi connectivity index (χ2n) is 3.26. The number of hydroxylamine groups is 1. The molecule has 4 nitrogen and oxygen atoms in total. The zero-order chi connectivity index (χ0) is 11.6. The van der Waals surface area contributed by atoms with E-state index in [0.29, 0.717) is 12.2 Å². The Labute approximate surface area is 95.2 Å². The molecule has 16 heavy (non-hydrogen) atoms. The first kappa shape index (κ1) is 12.7. The number of nitrogens with one attached hydrogen (secondary N) is 1. The van der Waals surface area contributed by atoms with E-state index in [9.17, 15) is 4.79 Å². The van der Waals surface area contributed by atoms with Crippen LogP contribution in [0.1, 0.15) is 23.2 Å². The fraction of sp³-hybridized carbons (Fsp3) is 0.333. The Balaban J connectivity index is 2.12. The molecule has 0 spiro atoms. The van der Waals surface area contributed by atoms with E-state index in [4.69, 9.17) is 9.94 Å². The summed E-state index contributed by atoms with van der Waals surface area (Å²) in [7, 11) is 0. The average molecular weight is 222 g/mol. The van der Waals surface area contributed by atoms with Gasteiger partial charge in [-0.3, -0.25) is 9.63 Å². The molecule has 0 unspecified atom stereocenters. The number of amides is 1. The second kappa shape index (κ2) is 7.84. The Hall–Kier alpha value is -1.39. The molecule has 4 heteroatoms. The lowest BCUT2D eigenvalue weighted by Crippen LogP contribution is -2.24. The maximum Gasteiger partial charge on any atom is 0.274 e. The summed E-state index contributed by atoms with van der Waals surface area (Å²) in [5.41, 5.74) is 2.91. The van der Waals surface area contributed by atoms with Crippen molar-refractivity contribution in [1.82, 2.24) is 5.48 Å². The maximum absolute atomic E-state index is 11.4. The highest BCUT2D eigenvalue weighted by Crippen LogP contribution is 1.98. The SMILES string of the molecule is O=C(NOC[CH]CCCO)c1ccccc1. The van der Waals surface area contributed by atoms with Gasteiger partial charge in [0.25, 0.3) is 5.91 Å². The molecule has 1 rings (SSSR count). The number of carbonyl (C=O) groups is 1. The summed E-state index contributed by atoms with van der Waals surface area (Å²) in [5.74, 6) is -0.254. The minimum absolute atomic E-state index is 0.173. The lowest BCUT2D eigenvalue weighted by atomic mass is 10.2. The van der Waals surface area contributed by atoms with Gasteiger partial charge >= 0.3 is 0 Å². The predicted octanol–water partition coefficient (Wildman–Crippen LogP) is 1.32. The van der Waals surface area contributed by atoms with Crippen LogP contribution in [-0.4, -0.2) is 24.2 Å². The van der Waals surface area contributed by atoms with Gasteiger partial charge in [0.2, 0.25) is 0 Å². The standard InChI is InChI=1S/C12H16NO3/c14-9-5-2-6-10-16-13-12(15)11-7-3-1-4-8-11/h1,3-4,6-8,14H,2,5,9-10H2,(H,13,15). The molecular weight excluding hydrogens is 206 g/mol. The van der Waals surface area contributed by atoms with Gasteiger partial charge in [0, 0.05) is 12.2 Å². The first-order chi connectivity index (χ1) is 7.84. The Morgan fingerprint density at radius 2 is 2.12 bits per heavy atom. The van der Waals surface area contributed by atoms with Crippen LogP contribution < -0.4 is 5.48 Å². The van der Waals surface area contributed by atoms with E-state index >= 15 is 0 Å². The Morgan fingerprint density at radius 3 is 2.81 bits per heavy atom. The van der Waals surface area contributed by atoms with Gasteiger partial charge in [0.15, 0.2) is 0 Å². The predicted molar refractivity (Wildman–Crippen MR) is 60.5 cm³/mol. The van der Waals surface area contributed by atoms with Crippen LogP contribution in [0.25, 0.3) is 0 Å². The van der Waals surface area contributed by atoms with E-state index in [2.05, 4.69) is 5.48 Å². The van der Waals surface area contributed by atoms with E-state index in [1.807, 2.05) is 12.5 Å². The number of aliphatic hydroxyl groups excluding tert-OH is 1.